The maximum atomic E-state index is 12.9. The molecule has 11 heteroatoms. The molecule has 1 aliphatic rings. The van der Waals surface area contributed by atoms with Crippen LogP contribution in [0.1, 0.15) is 41.7 Å². The minimum Gasteiger partial charge on any atom is -0.406 e. The van der Waals surface area contributed by atoms with Gasteiger partial charge < -0.3 is 20.7 Å². The van der Waals surface area contributed by atoms with Gasteiger partial charge in [0.1, 0.15) is 5.75 Å². The van der Waals surface area contributed by atoms with E-state index in [1.54, 1.807) is 0 Å². The Bertz CT molecular complexity index is 1010. The Morgan fingerprint density at radius 2 is 1.84 bits per heavy atom. The average Bonchev–Trinajstić information content (AvgIpc) is 2.73. The molecular formula is C21H21F3N4O4. The number of primary amides is 1. The fraction of sp³-hybridized carbons (Fsp3) is 0.333. The van der Waals surface area contributed by atoms with E-state index in [-0.39, 0.29) is 22.9 Å². The van der Waals surface area contributed by atoms with E-state index >= 15 is 0 Å². The third kappa shape index (κ3) is 5.74. The zero-order chi connectivity index (χ0) is 23.5. The van der Waals surface area contributed by atoms with Crippen molar-refractivity contribution in [1.29, 1.82) is 0 Å². The van der Waals surface area contributed by atoms with Crippen LogP contribution in [-0.2, 0) is 9.59 Å². The van der Waals surface area contributed by atoms with Crippen molar-refractivity contribution in [2.75, 3.05) is 11.9 Å². The molecule has 1 fully saturated rings. The normalized spacial score (nSPS) is 18.7. The third-order valence-electron chi connectivity index (χ3n) is 5.05. The van der Waals surface area contributed by atoms with Crippen molar-refractivity contribution in [2.45, 2.75) is 32.2 Å². The Morgan fingerprint density at radius 1 is 1.16 bits per heavy atom. The number of likely N-dealkylation sites (tertiary alicyclic amines) is 1. The summed E-state index contributed by atoms with van der Waals surface area (Å²) in [6, 6.07) is 6.05. The molecule has 3 rings (SSSR count). The number of nitrogens with two attached hydrogens (primary N) is 1. The van der Waals surface area contributed by atoms with Gasteiger partial charge in [0.25, 0.3) is 0 Å². The maximum absolute atomic E-state index is 12.9. The second-order valence-corrected chi connectivity index (χ2v) is 7.55. The van der Waals surface area contributed by atoms with Crippen LogP contribution in [0.25, 0.3) is 0 Å². The van der Waals surface area contributed by atoms with Crippen LogP contribution in [0.15, 0.2) is 42.7 Å². The Kier molecular flexibility index (Phi) is 6.66. The van der Waals surface area contributed by atoms with Crippen LogP contribution in [0.3, 0.4) is 0 Å². The highest BCUT2D eigenvalue weighted by molar-refractivity contribution is 6.39. The molecule has 0 radical (unpaired) electrons. The lowest BCUT2D eigenvalue weighted by atomic mass is 9.89. The molecule has 1 aliphatic heterocycles. The van der Waals surface area contributed by atoms with Gasteiger partial charge in [0.2, 0.25) is 5.91 Å². The minimum absolute atomic E-state index is 0.0703. The predicted molar refractivity (Wildman–Crippen MR) is 107 cm³/mol. The van der Waals surface area contributed by atoms with E-state index in [9.17, 15) is 27.6 Å². The molecule has 0 unspecified atom stereocenters. The number of nitrogens with one attached hydrogen (secondary N) is 1. The largest absolute Gasteiger partial charge is 0.573 e. The first-order valence-corrected chi connectivity index (χ1v) is 9.76. The van der Waals surface area contributed by atoms with Crippen LogP contribution in [0.5, 0.6) is 5.75 Å². The molecular weight excluding hydrogens is 429 g/mol. The van der Waals surface area contributed by atoms with Gasteiger partial charge in [-0.25, -0.2) is 0 Å². The monoisotopic (exact) mass is 450 g/mol. The number of aromatic nitrogens is 1. The van der Waals surface area contributed by atoms with E-state index in [4.69, 9.17) is 5.73 Å². The molecule has 2 heterocycles. The number of nitrogens with zero attached hydrogens (tertiary/aromatic N) is 2. The number of hydrogen-bond acceptors (Lipinski definition) is 5. The maximum Gasteiger partial charge on any atom is 0.573 e. The number of amides is 3. The lowest BCUT2D eigenvalue weighted by Crippen LogP contribution is -2.46. The number of pyridine rings is 1. The van der Waals surface area contributed by atoms with E-state index in [1.165, 1.54) is 47.6 Å². The molecule has 3 amide bonds. The number of hydrogen-bond donors (Lipinski definition) is 2. The fourth-order valence-electron chi connectivity index (χ4n) is 3.57. The van der Waals surface area contributed by atoms with Crippen molar-refractivity contribution in [3.05, 3.63) is 53.9 Å². The van der Waals surface area contributed by atoms with E-state index in [2.05, 4.69) is 15.0 Å². The average molecular weight is 450 g/mol. The van der Waals surface area contributed by atoms with Gasteiger partial charge >= 0.3 is 18.2 Å². The molecule has 1 aromatic carbocycles. The summed E-state index contributed by atoms with van der Waals surface area (Å²) in [6.07, 6.45) is -0.982. The van der Waals surface area contributed by atoms with Crippen molar-refractivity contribution < 1.29 is 32.3 Å². The molecule has 2 aromatic rings. The third-order valence-corrected chi connectivity index (χ3v) is 5.05. The van der Waals surface area contributed by atoms with Gasteiger partial charge in [-0.2, -0.15) is 0 Å². The highest BCUT2D eigenvalue weighted by atomic mass is 19.4. The number of carbonyl (C=O) groups excluding carboxylic acids is 3. The number of anilines is 1. The zero-order valence-electron chi connectivity index (χ0n) is 17.1. The molecule has 0 bridgehead atoms. The van der Waals surface area contributed by atoms with Gasteiger partial charge in [0, 0.05) is 12.7 Å². The summed E-state index contributed by atoms with van der Waals surface area (Å²) >= 11 is 0. The first-order chi connectivity index (χ1) is 15.0. The molecule has 2 atom stereocenters. The van der Waals surface area contributed by atoms with Gasteiger partial charge in [-0.3, -0.25) is 19.4 Å². The zero-order valence-corrected chi connectivity index (χ0v) is 17.1. The minimum atomic E-state index is -4.80. The molecule has 32 heavy (non-hydrogen) atoms. The summed E-state index contributed by atoms with van der Waals surface area (Å²) in [4.78, 5) is 42.0. The van der Waals surface area contributed by atoms with Gasteiger partial charge in [0.05, 0.1) is 23.5 Å². The highest BCUT2D eigenvalue weighted by Gasteiger charge is 2.35. The Labute approximate surface area is 181 Å². The van der Waals surface area contributed by atoms with Crippen molar-refractivity contribution >= 4 is 23.4 Å². The van der Waals surface area contributed by atoms with E-state index in [1.807, 2.05) is 6.92 Å². The Morgan fingerprint density at radius 3 is 2.47 bits per heavy atom. The lowest BCUT2D eigenvalue weighted by molar-refractivity contribution is -0.274. The fourth-order valence-corrected chi connectivity index (χ4v) is 3.57. The van der Waals surface area contributed by atoms with E-state index in [0.717, 1.165) is 6.42 Å². The van der Waals surface area contributed by atoms with Crippen LogP contribution in [-0.4, -0.2) is 40.5 Å². The number of piperidine rings is 1. The molecule has 0 saturated carbocycles. The second-order valence-electron chi connectivity index (χ2n) is 7.55. The van der Waals surface area contributed by atoms with Gasteiger partial charge in [-0.05, 0) is 42.5 Å². The number of ether oxygens (including phenoxy) is 1. The number of benzene rings is 1. The second kappa shape index (κ2) is 9.25. The predicted octanol–water partition coefficient (Wildman–Crippen LogP) is 3.02. The van der Waals surface area contributed by atoms with Crippen molar-refractivity contribution in [3.63, 3.8) is 0 Å². The smallest absolute Gasteiger partial charge is 0.406 e. The topological polar surface area (TPSA) is 115 Å². The quantitative estimate of drug-likeness (QED) is 0.695. The van der Waals surface area contributed by atoms with Gasteiger partial charge in [0.15, 0.2) is 0 Å². The molecule has 1 saturated heterocycles. The van der Waals surface area contributed by atoms with Crippen LogP contribution in [0.2, 0.25) is 0 Å². The van der Waals surface area contributed by atoms with Crippen LogP contribution < -0.4 is 15.8 Å². The highest BCUT2D eigenvalue weighted by Crippen LogP contribution is 2.34. The van der Waals surface area contributed by atoms with Gasteiger partial charge in [-0.1, -0.05) is 19.1 Å². The summed E-state index contributed by atoms with van der Waals surface area (Å²) in [6.45, 7) is 2.24. The van der Waals surface area contributed by atoms with Crippen LogP contribution >= 0.6 is 0 Å². The van der Waals surface area contributed by atoms with Crippen molar-refractivity contribution in [1.82, 2.24) is 9.88 Å². The number of carbonyl (C=O) groups is 3. The van der Waals surface area contributed by atoms with Gasteiger partial charge in [-0.15, -0.1) is 13.2 Å². The van der Waals surface area contributed by atoms with Crippen molar-refractivity contribution in [2.24, 2.45) is 11.7 Å². The number of halogens is 3. The summed E-state index contributed by atoms with van der Waals surface area (Å²) in [5.74, 6) is -2.70. The molecule has 0 aliphatic carbocycles. The molecule has 0 spiro atoms. The molecule has 170 valence electrons. The van der Waals surface area contributed by atoms with Crippen LogP contribution in [0.4, 0.5) is 18.9 Å². The summed E-state index contributed by atoms with van der Waals surface area (Å²) in [5.41, 5.74) is 5.99. The molecule has 1 aromatic heterocycles. The standard InChI is InChI=1S/C21H21F3N4O4/c1-12-2-7-17(13-3-5-16(6-4-13)32-21(22,23)24)28(11-12)20(31)19(30)27-15-8-14(18(25)29)9-26-10-15/h3-6,8-10,12,17H,2,7,11H2,1H3,(H2,25,29)(H,27,30)/t12-,17+/m0/s1. The Hall–Kier alpha value is -3.63. The number of alkyl halides is 3. The SMILES string of the molecule is C[C@H]1CC[C@H](c2ccc(OC(F)(F)F)cc2)N(C(=O)C(=O)Nc2cncc(C(N)=O)c2)C1. The molecule has 3 N–H and O–H groups in total. The first kappa shape index (κ1) is 23.0. The van der Waals surface area contributed by atoms with E-state index < -0.39 is 30.1 Å². The lowest BCUT2D eigenvalue weighted by Gasteiger charge is -2.38. The Balaban J connectivity index is 1.77. The molecule has 8 nitrogen and oxygen atoms in total. The van der Waals surface area contributed by atoms with Crippen molar-refractivity contribution in [3.8, 4) is 5.75 Å². The number of rotatable bonds is 4. The van der Waals surface area contributed by atoms with E-state index in [0.29, 0.717) is 18.5 Å². The van der Waals surface area contributed by atoms with Crippen LogP contribution in [0, 0.1) is 5.92 Å². The summed E-state index contributed by atoms with van der Waals surface area (Å²) < 4.78 is 41.1. The summed E-state index contributed by atoms with van der Waals surface area (Å²) in [7, 11) is 0. The summed E-state index contributed by atoms with van der Waals surface area (Å²) in [5, 5.41) is 2.41. The first-order valence-electron chi connectivity index (χ1n) is 9.76.